The average molecular weight is 262 g/mol. The Morgan fingerprint density at radius 3 is 2.89 bits per heavy atom. The second kappa shape index (κ2) is 4.65. The Hall–Kier alpha value is -1.49. The second-order valence-corrected chi connectivity index (χ2v) is 5.77. The van der Waals surface area contributed by atoms with E-state index in [1.165, 1.54) is 11.8 Å². The Bertz CT molecular complexity index is 500. The zero-order valence-electron chi connectivity index (χ0n) is 9.89. The lowest BCUT2D eigenvalue weighted by Gasteiger charge is -2.32. The molecule has 0 spiro atoms. The summed E-state index contributed by atoms with van der Waals surface area (Å²) in [6, 6.07) is 7.69. The van der Waals surface area contributed by atoms with Crippen molar-refractivity contribution in [2.45, 2.75) is 23.0 Å². The van der Waals surface area contributed by atoms with Crippen LogP contribution in [0.5, 0.6) is 0 Å². The topological polar surface area (TPSA) is 49.4 Å². The van der Waals surface area contributed by atoms with Gasteiger partial charge in [-0.25, -0.2) is 0 Å². The van der Waals surface area contributed by atoms with Crippen LogP contribution in [0.3, 0.4) is 0 Å². The molecule has 1 aromatic rings. The molecule has 1 aromatic carbocycles. The van der Waals surface area contributed by atoms with Crippen molar-refractivity contribution in [1.29, 1.82) is 0 Å². The minimum atomic E-state index is -0.298. The first kappa shape index (κ1) is 11.6. The second-order valence-electron chi connectivity index (χ2n) is 4.53. The third kappa shape index (κ3) is 2.10. The number of para-hydroxylation sites is 1. The highest BCUT2D eigenvalue weighted by molar-refractivity contribution is 8.01. The summed E-state index contributed by atoms with van der Waals surface area (Å²) in [6.45, 7) is 1.68. The number of fused-ring (bicyclic) bond motifs is 1. The SMILES string of the molecule is O=C1Nc2ccccc2S[C@H]1CC(=O)N1CCC1. The smallest absolute Gasteiger partial charge is 0.238 e. The number of rotatable bonds is 2. The van der Waals surface area contributed by atoms with Crippen LogP contribution in [0.4, 0.5) is 5.69 Å². The summed E-state index contributed by atoms with van der Waals surface area (Å²) in [5, 5.41) is 2.56. The van der Waals surface area contributed by atoms with Crippen LogP contribution in [0.2, 0.25) is 0 Å². The van der Waals surface area contributed by atoms with E-state index in [4.69, 9.17) is 0 Å². The number of hydrogen-bond donors (Lipinski definition) is 1. The van der Waals surface area contributed by atoms with E-state index in [2.05, 4.69) is 5.32 Å². The van der Waals surface area contributed by atoms with Crippen LogP contribution in [-0.4, -0.2) is 35.1 Å². The largest absolute Gasteiger partial charge is 0.343 e. The Labute approximate surface area is 110 Å². The molecule has 94 valence electrons. The molecule has 2 heterocycles. The van der Waals surface area contributed by atoms with Gasteiger partial charge in [-0.3, -0.25) is 9.59 Å². The predicted molar refractivity (Wildman–Crippen MR) is 70.5 cm³/mol. The molecule has 0 saturated carbocycles. The summed E-state index contributed by atoms with van der Waals surface area (Å²) >= 11 is 1.49. The third-order valence-electron chi connectivity index (χ3n) is 3.28. The zero-order valence-corrected chi connectivity index (χ0v) is 10.7. The molecule has 2 aliphatic rings. The number of benzene rings is 1. The Kier molecular flexibility index (Phi) is 2.99. The number of anilines is 1. The first-order chi connectivity index (χ1) is 8.74. The van der Waals surface area contributed by atoms with Gasteiger partial charge in [-0.05, 0) is 18.6 Å². The van der Waals surface area contributed by atoms with Crippen molar-refractivity contribution in [3.63, 3.8) is 0 Å². The van der Waals surface area contributed by atoms with Gasteiger partial charge >= 0.3 is 0 Å². The van der Waals surface area contributed by atoms with Crippen LogP contribution >= 0.6 is 11.8 Å². The van der Waals surface area contributed by atoms with Crippen molar-refractivity contribution in [3.05, 3.63) is 24.3 Å². The molecule has 2 amide bonds. The summed E-state index contributed by atoms with van der Waals surface area (Å²) in [6.07, 6.45) is 1.38. The molecule has 4 nitrogen and oxygen atoms in total. The maximum atomic E-state index is 11.9. The number of amides is 2. The van der Waals surface area contributed by atoms with Crippen molar-refractivity contribution in [2.24, 2.45) is 0 Å². The van der Waals surface area contributed by atoms with Gasteiger partial charge in [-0.2, -0.15) is 0 Å². The molecule has 1 N–H and O–H groups in total. The summed E-state index contributed by atoms with van der Waals surface area (Å²) in [7, 11) is 0. The Morgan fingerprint density at radius 1 is 1.39 bits per heavy atom. The average Bonchev–Trinajstić information content (AvgIpc) is 2.27. The van der Waals surface area contributed by atoms with Gasteiger partial charge in [0.1, 0.15) is 0 Å². The summed E-state index contributed by atoms with van der Waals surface area (Å²) in [5.74, 6) is 0.0286. The van der Waals surface area contributed by atoms with E-state index in [9.17, 15) is 9.59 Å². The van der Waals surface area contributed by atoms with Crippen LogP contribution in [0.15, 0.2) is 29.2 Å². The number of hydrogen-bond acceptors (Lipinski definition) is 3. The van der Waals surface area contributed by atoms with Crippen molar-refractivity contribution < 1.29 is 9.59 Å². The number of nitrogens with one attached hydrogen (secondary N) is 1. The summed E-state index contributed by atoms with van der Waals surface area (Å²) < 4.78 is 0. The molecule has 1 saturated heterocycles. The highest BCUT2D eigenvalue weighted by Gasteiger charge is 2.31. The normalized spacial score (nSPS) is 21.9. The van der Waals surface area contributed by atoms with E-state index in [0.717, 1.165) is 30.1 Å². The fourth-order valence-electron chi connectivity index (χ4n) is 2.08. The highest BCUT2D eigenvalue weighted by atomic mass is 32.2. The molecule has 18 heavy (non-hydrogen) atoms. The van der Waals surface area contributed by atoms with E-state index >= 15 is 0 Å². The molecule has 3 rings (SSSR count). The van der Waals surface area contributed by atoms with Gasteiger partial charge in [-0.1, -0.05) is 12.1 Å². The molecule has 0 unspecified atom stereocenters. The van der Waals surface area contributed by atoms with Crippen molar-refractivity contribution >= 4 is 29.3 Å². The first-order valence-corrected chi connectivity index (χ1v) is 6.96. The highest BCUT2D eigenvalue weighted by Crippen LogP contribution is 2.36. The number of carbonyl (C=O) groups is 2. The molecule has 0 bridgehead atoms. The maximum absolute atomic E-state index is 11.9. The predicted octanol–water partition coefficient (Wildman–Crippen LogP) is 1.72. The number of carbonyl (C=O) groups excluding carboxylic acids is 2. The summed E-state index contributed by atoms with van der Waals surface area (Å²) in [4.78, 5) is 26.7. The summed E-state index contributed by atoms with van der Waals surface area (Å²) in [5.41, 5.74) is 0.847. The lowest BCUT2D eigenvalue weighted by molar-refractivity contribution is -0.135. The maximum Gasteiger partial charge on any atom is 0.238 e. The molecule has 0 aliphatic carbocycles. The van der Waals surface area contributed by atoms with Crippen molar-refractivity contribution in [2.75, 3.05) is 18.4 Å². The van der Waals surface area contributed by atoms with Gasteiger partial charge in [0.15, 0.2) is 0 Å². The molecule has 1 fully saturated rings. The van der Waals surface area contributed by atoms with E-state index < -0.39 is 0 Å². The van der Waals surface area contributed by atoms with E-state index in [1.54, 1.807) is 0 Å². The van der Waals surface area contributed by atoms with E-state index in [1.807, 2.05) is 29.2 Å². The quantitative estimate of drug-likeness (QED) is 0.883. The molecule has 0 radical (unpaired) electrons. The van der Waals surface area contributed by atoms with Crippen LogP contribution < -0.4 is 5.32 Å². The third-order valence-corrected chi connectivity index (χ3v) is 4.55. The van der Waals surface area contributed by atoms with Gasteiger partial charge in [0.2, 0.25) is 11.8 Å². The zero-order chi connectivity index (χ0) is 12.5. The molecular formula is C13H14N2O2S. The molecule has 2 aliphatic heterocycles. The monoisotopic (exact) mass is 262 g/mol. The number of likely N-dealkylation sites (tertiary alicyclic amines) is 1. The van der Waals surface area contributed by atoms with Gasteiger partial charge in [0.25, 0.3) is 0 Å². The molecule has 1 atom stereocenters. The van der Waals surface area contributed by atoms with Crippen molar-refractivity contribution in [3.8, 4) is 0 Å². The minimum Gasteiger partial charge on any atom is -0.343 e. The number of nitrogens with zero attached hydrogens (tertiary/aromatic N) is 1. The Morgan fingerprint density at radius 2 is 2.17 bits per heavy atom. The first-order valence-electron chi connectivity index (χ1n) is 6.08. The van der Waals surface area contributed by atoms with Gasteiger partial charge in [-0.15, -0.1) is 11.8 Å². The van der Waals surface area contributed by atoms with E-state index in [0.29, 0.717) is 6.42 Å². The molecule has 0 aromatic heterocycles. The van der Waals surface area contributed by atoms with Gasteiger partial charge in [0.05, 0.1) is 10.9 Å². The van der Waals surface area contributed by atoms with Crippen molar-refractivity contribution in [1.82, 2.24) is 4.90 Å². The fraction of sp³-hybridized carbons (Fsp3) is 0.385. The van der Waals surface area contributed by atoms with Crippen LogP contribution in [0.25, 0.3) is 0 Å². The minimum absolute atomic E-state index is 0.0624. The van der Waals surface area contributed by atoms with E-state index in [-0.39, 0.29) is 17.1 Å². The lowest BCUT2D eigenvalue weighted by atomic mass is 10.1. The van der Waals surface area contributed by atoms with Crippen LogP contribution in [0, 0.1) is 0 Å². The fourth-order valence-corrected chi connectivity index (χ4v) is 3.18. The number of thioether (sulfide) groups is 1. The molecule has 5 heteroatoms. The lowest BCUT2D eigenvalue weighted by Crippen LogP contribution is -2.44. The standard InChI is InChI=1S/C13H14N2O2S/c16-12(15-6-3-7-15)8-11-13(17)14-9-4-1-2-5-10(9)18-11/h1-2,4-5,11H,3,6-8H2,(H,14,17)/t11-/m0/s1. The van der Waals surface area contributed by atoms with Gasteiger partial charge in [0, 0.05) is 24.4 Å². The van der Waals surface area contributed by atoms with Crippen LogP contribution in [-0.2, 0) is 9.59 Å². The van der Waals surface area contributed by atoms with Gasteiger partial charge < -0.3 is 10.2 Å². The Balaban J connectivity index is 1.70. The molecular weight excluding hydrogens is 248 g/mol. The van der Waals surface area contributed by atoms with Crippen LogP contribution in [0.1, 0.15) is 12.8 Å².